The molecule has 2 aromatic carbocycles. The van der Waals surface area contributed by atoms with Gasteiger partial charge in [0.1, 0.15) is 0 Å². The maximum Gasteiger partial charge on any atom is 0.0249 e. The molecule has 0 radical (unpaired) electrons. The number of hydrogen-bond acceptors (Lipinski definition) is 0. The van der Waals surface area contributed by atoms with E-state index in [0.29, 0.717) is 5.92 Å². The molecule has 0 N–H and O–H groups in total. The van der Waals surface area contributed by atoms with Gasteiger partial charge in [-0.15, -0.1) is 0 Å². The summed E-state index contributed by atoms with van der Waals surface area (Å²) >= 11 is 0. The first-order valence-corrected chi connectivity index (χ1v) is 12.1. The van der Waals surface area contributed by atoms with Crippen LogP contribution in [-0.4, -0.2) is 0 Å². The molecule has 2 aromatic rings. The summed E-state index contributed by atoms with van der Waals surface area (Å²) in [6, 6.07) is 18.2. The Kier molecular flexibility index (Phi) is 9.30. The largest absolute Gasteiger partial charge is 0.0730 e. The van der Waals surface area contributed by atoms with E-state index in [1.165, 1.54) is 80.9 Å². The van der Waals surface area contributed by atoms with Gasteiger partial charge in [-0.3, -0.25) is 0 Å². The van der Waals surface area contributed by atoms with Gasteiger partial charge in [-0.05, 0) is 91.7 Å². The van der Waals surface area contributed by atoms with Crippen molar-refractivity contribution in [3.8, 4) is 11.8 Å². The number of unbranched alkanes of at least 4 members (excludes halogenated alkanes) is 2. The fourth-order valence-electron chi connectivity index (χ4n) is 4.53. The maximum atomic E-state index is 3.29. The Hall–Kier alpha value is -2.26. The van der Waals surface area contributed by atoms with Gasteiger partial charge < -0.3 is 0 Å². The molecule has 0 aromatic heterocycles. The van der Waals surface area contributed by atoms with Crippen LogP contribution in [-0.2, 0) is 12.8 Å². The van der Waals surface area contributed by atoms with E-state index >= 15 is 0 Å². The Balaban J connectivity index is 1.43. The lowest BCUT2D eigenvalue weighted by molar-refractivity contribution is 0.376. The van der Waals surface area contributed by atoms with Crippen LogP contribution in [0, 0.1) is 17.8 Å². The third-order valence-electron chi connectivity index (χ3n) is 6.45. The van der Waals surface area contributed by atoms with E-state index in [1.54, 1.807) is 0 Å². The summed E-state index contributed by atoms with van der Waals surface area (Å²) in [7, 11) is 0. The average molecular weight is 399 g/mol. The Morgan fingerprint density at radius 1 is 0.767 bits per heavy atom. The van der Waals surface area contributed by atoms with Crippen molar-refractivity contribution in [2.75, 3.05) is 0 Å². The van der Waals surface area contributed by atoms with Crippen LogP contribution in [0.3, 0.4) is 0 Å². The third-order valence-corrected chi connectivity index (χ3v) is 6.45. The van der Waals surface area contributed by atoms with Crippen LogP contribution >= 0.6 is 0 Å². The number of benzene rings is 2. The van der Waals surface area contributed by atoms with Crippen molar-refractivity contribution >= 4 is 0 Å². The fourth-order valence-corrected chi connectivity index (χ4v) is 4.53. The van der Waals surface area contributed by atoms with Crippen LogP contribution in [0.15, 0.2) is 60.7 Å². The second-order valence-electron chi connectivity index (χ2n) is 8.89. The molecular weight excluding hydrogens is 360 g/mol. The Labute approximate surface area is 184 Å². The molecule has 0 heterocycles. The second kappa shape index (κ2) is 12.4. The quantitative estimate of drug-likeness (QED) is 0.310. The van der Waals surface area contributed by atoms with Crippen LogP contribution in [0.4, 0.5) is 0 Å². The van der Waals surface area contributed by atoms with E-state index in [-0.39, 0.29) is 0 Å². The third kappa shape index (κ3) is 7.21. The van der Waals surface area contributed by atoms with Gasteiger partial charge in [0.2, 0.25) is 0 Å². The normalized spacial score (nSPS) is 18.9. The van der Waals surface area contributed by atoms with Crippen LogP contribution in [0.1, 0.15) is 93.4 Å². The summed E-state index contributed by atoms with van der Waals surface area (Å²) < 4.78 is 0. The standard InChI is InChI=1S/C30H38/c1-3-5-6-10-26-13-15-27(16-14-26)11-7-8-12-28-19-23-30(24-20-28)29-21-17-25(9-4-2)18-22-29/h8,12-18,21-22,28,30H,3-6,9-10,19-20,23-24H2,1-2H3/b12-8+. The molecule has 1 aliphatic rings. The number of aryl methyl sites for hydroxylation is 2. The number of allylic oxidation sites excluding steroid dienone is 2. The number of rotatable bonds is 8. The van der Waals surface area contributed by atoms with Crippen molar-refractivity contribution in [2.45, 2.75) is 84.0 Å². The van der Waals surface area contributed by atoms with Gasteiger partial charge >= 0.3 is 0 Å². The van der Waals surface area contributed by atoms with E-state index in [1.807, 2.05) is 0 Å². The minimum absolute atomic E-state index is 0.691. The molecule has 30 heavy (non-hydrogen) atoms. The van der Waals surface area contributed by atoms with E-state index in [9.17, 15) is 0 Å². The molecule has 1 saturated carbocycles. The first-order chi connectivity index (χ1) is 14.8. The zero-order chi connectivity index (χ0) is 21.0. The van der Waals surface area contributed by atoms with Gasteiger partial charge in [0.15, 0.2) is 0 Å². The smallest absolute Gasteiger partial charge is 0.0249 e. The Bertz CT molecular complexity index is 818. The van der Waals surface area contributed by atoms with E-state index in [2.05, 4.69) is 86.4 Å². The van der Waals surface area contributed by atoms with Crippen LogP contribution < -0.4 is 0 Å². The average Bonchev–Trinajstić information content (AvgIpc) is 2.79. The zero-order valence-corrected chi connectivity index (χ0v) is 19.0. The predicted octanol–water partition coefficient (Wildman–Crippen LogP) is 8.25. The minimum Gasteiger partial charge on any atom is -0.0730 e. The molecule has 0 saturated heterocycles. The number of hydrogen-bond donors (Lipinski definition) is 0. The van der Waals surface area contributed by atoms with E-state index in [4.69, 9.17) is 0 Å². The lowest BCUT2D eigenvalue weighted by Gasteiger charge is -2.27. The summed E-state index contributed by atoms with van der Waals surface area (Å²) in [5.74, 6) is 7.98. The van der Waals surface area contributed by atoms with Crippen molar-refractivity contribution in [1.82, 2.24) is 0 Å². The molecular formula is C30H38. The molecule has 0 unspecified atom stereocenters. The van der Waals surface area contributed by atoms with Crippen LogP contribution in [0.25, 0.3) is 0 Å². The lowest BCUT2D eigenvalue weighted by atomic mass is 9.78. The SMILES string of the molecule is CCCCCc1ccc(C#C/C=C/C2CCC(c3ccc(CCC)cc3)CC2)cc1. The monoisotopic (exact) mass is 398 g/mol. The van der Waals surface area contributed by atoms with Crippen molar-refractivity contribution in [3.05, 3.63) is 82.9 Å². The molecule has 0 nitrogen and oxygen atoms in total. The van der Waals surface area contributed by atoms with Crippen molar-refractivity contribution in [3.63, 3.8) is 0 Å². The molecule has 0 spiro atoms. The maximum absolute atomic E-state index is 3.29. The van der Waals surface area contributed by atoms with E-state index in [0.717, 1.165) is 11.5 Å². The van der Waals surface area contributed by atoms with Crippen molar-refractivity contribution < 1.29 is 0 Å². The molecule has 1 fully saturated rings. The highest BCUT2D eigenvalue weighted by atomic mass is 14.3. The van der Waals surface area contributed by atoms with Gasteiger partial charge in [-0.2, -0.15) is 0 Å². The summed E-state index contributed by atoms with van der Waals surface area (Å²) in [5.41, 5.74) is 5.56. The summed E-state index contributed by atoms with van der Waals surface area (Å²) in [6.45, 7) is 4.50. The summed E-state index contributed by atoms with van der Waals surface area (Å²) in [6.07, 6.45) is 17.1. The highest BCUT2D eigenvalue weighted by Crippen LogP contribution is 2.36. The molecule has 0 bridgehead atoms. The summed E-state index contributed by atoms with van der Waals surface area (Å²) in [4.78, 5) is 0. The molecule has 0 aliphatic heterocycles. The Morgan fingerprint density at radius 3 is 2.10 bits per heavy atom. The first kappa shape index (κ1) is 22.4. The molecule has 0 atom stereocenters. The van der Waals surface area contributed by atoms with Gasteiger partial charge in [0, 0.05) is 5.56 Å². The molecule has 0 amide bonds. The zero-order valence-electron chi connectivity index (χ0n) is 19.0. The molecule has 3 rings (SSSR count). The molecule has 0 heteroatoms. The lowest BCUT2D eigenvalue weighted by Crippen LogP contribution is -2.11. The first-order valence-electron chi connectivity index (χ1n) is 12.1. The van der Waals surface area contributed by atoms with Crippen molar-refractivity contribution in [1.29, 1.82) is 0 Å². The second-order valence-corrected chi connectivity index (χ2v) is 8.89. The summed E-state index contributed by atoms with van der Waals surface area (Å²) in [5, 5.41) is 0. The van der Waals surface area contributed by atoms with Gasteiger partial charge in [-0.1, -0.05) is 87.4 Å². The van der Waals surface area contributed by atoms with Gasteiger partial charge in [0.05, 0.1) is 0 Å². The Morgan fingerprint density at radius 2 is 1.43 bits per heavy atom. The topological polar surface area (TPSA) is 0 Å². The fraction of sp³-hybridized carbons (Fsp3) is 0.467. The molecule has 1 aliphatic carbocycles. The highest BCUT2D eigenvalue weighted by molar-refractivity contribution is 5.38. The van der Waals surface area contributed by atoms with Crippen molar-refractivity contribution in [2.24, 2.45) is 5.92 Å². The highest BCUT2D eigenvalue weighted by Gasteiger charge is 2.20. The minimum atomic E-state index is 0.691. The van der Waals surface area contributed by atoms with Gasteiger partial charge in [-0.25, -0.2) is 0 Å². The molecule has 158 valence electrons. The van der Waals surface area contributed by atoms with Gasteiger partial charge in [0.25, 0.3) is 0 Å². The van der Waals surface area contributed by atoms with Crippen LogP contribution in [0.5, 0.6) is 0 Å². The predicted molar refractivity (Wildman–Crippen MR) is 131 cm³/mol. The van der Waals surface area contributed by atoms with Crippen LogP contribution in [0.2, 0.25) is 0 Å². The van der Waals surface area contributed by atoms with E-state index < -0.39 is 0 Å².